The molecule has 0 amide bonds. The molecule has 118 valence electrons. The van der Waals surface area contributed by atoms with E-state index >= 15 is 0 Å². The lowest BCUT2D eigenvalue weighted by molar-refractivity contribution is -0.146. The molecule has 1 aliphatic rings. The minimum Gasteiger partial charge on any atom is -0.468 e. The van der Waals surface area contributed by atoms with E-state index in [0.717, 1.165) is 11.1 Å². The summed E-state index contributed by atoms with van der Waals surface area (Å²) in [5.74, 6) is -0.325. The van der Waals surface area contributed by atoms with Crippen LogP contribution in [0.5, 0.6) is 0 Å². The van der Waals surface area contributed by atoms with Gasteiger partial charge in [0.2, 0.25) is 0 Å². The van der Waals surface area contributed by atoms with Crippen molar-refractivity contribution in [3.8, 4) is 6.07 Å². The van der Waals surface area contributed by atoms with Crippen molar-refractivity contribution in [1.82, 2.24) is 4.90 Å². The number of aliphatic hydroxyl groups is 1. The van der Waals surface area contributed by atoms with Crippen LogP contribution in [0.3, 0.4) is 0 Å². The van der Waals surface area contributed by atoms with E-state index in [1.807, 2.05) is 43.0 Å². The highest BCUT2D eigenvalue weighted by molar-refractivity contribution is 5.76. The fourth-order valence-corrected chi connectivity index (χ4v) is 2.98. The Kier molecular flexibility index (Phi) is 4.84. The van der Waals surface area contributed by atoms with Gasteiger partial charge in [-0.05, 0) is 25.0 Å². The molecular weight excluding hydrogens is 280 g/mol. The Labute approximate surface area is 131 Å². The number of nitriles is 1. The normalized spacial score (nSPS) is 22.3. The molecule has 1 aromatic rings. The van der Waals surface area contributed by atoms with E-state index in [9.17, 15) is 15.2 Å². The minimum atomic E-state index is -0.601. The molecule has 1 N–H and O–H groups in total. The molecular formula is C17H22N2O3. The number of benzene rings is 1. The summed E-state index contributed by atoms with van der Waals surface area (Å²) in [4.78, 5) is 13.8. The van der Waals surface area contributed by atoms with Crippen molar-refractivity contribution in [3.63, 3.8) is 0 Å². The van der Waals surface area contributed by atoms with Crippen molar-refractivity contribution in [1.29, 1.82) is 5.26 Å². The second-order valence-electron chi connectivity index (χ2n) is 6.25. The van der Waals surface area contributed by atoms with Crippen LogP contribution in [0.15, 0.2) is 24.3 Å². The van der Waals surface area contributed by atoms with E-state index < -0.39 is 17.6 Å². The van der Waals surface area contributed by atoms with Crippen LogP contribution in [0.25, 0.3) is 0 Å². The van der Waals surface area contributed by atoms with E-state index in [1.54, 1.807) is 0 Å². The number of likely N-dealkylation sites (tertiary alicyclic amines) is 1. The molecule has 1 aromatic carbocycles. The number of hydrogen-bond acceptors (Lipinski definition) is 5. The zero-order valence-corrected chi connectivity index (χ0v) is 13.2. The van der Waals surface area contributed by atoms with Crippen LogP contribution >= 0.6 is 0 Å². The summed E-state index contributed by atoms with van der Waals surface area (Å²) in [6, 6.07) is 9.63. The maximum atomic E-state index is 11.9. The zero-order valence-electron chi connectivity index (χ0n) is 13.2. The highest BCUT2D eigenvalue weighted by atomic mass is 16.5. The number of nitrogens with zero attached hydrogens (tertiary/aromatic N) is 2. The minimum absolute atomic E-state index is 0.325. The standard InChI is InChI=1S/C17H22N2O3/c1-17(2,11-18)14-7-5-4-6-12(14)9-19-10-13(20)8-15(19)16(21)22-3/h4-7,13,15,20H,8-10H2,1-3H3. The maximum absolute atomic E-state index is 11.9. The Morgan fingerprint density at radius 1 is 1.50 bits per heavy atom. The molecule has 1 fully saturated rings. The topological polar surface area (TPSA) is 73.6 Å². The molecule has 2 unspecified atom stereocenters. The summed E-state index contributed by atoms with van der Waals surface area (Å²) < 4.78 is 4.83. The van der Waals surface area contributed by atoms with Gasteiger partial charge < -0.3 is 9.84 Å². The molecule has 0 radical (unpaired) electrons. The predicted octanol–water partition coefficient (Wildman–Crippen LogP) is 1.60. The molecule has 0 aliphatic carbocycles. The van der Waals surface area contributed by atoms with Crippen LogP contribution in [0.4, 0.5) is 0 Å². The molecule has 1 aliphatic heterocycles. The van der Waals surface area contributed by atoms with E-state index in [1.165, 1.54) is 7.11 Å². The summed E-state index contributed by atoms with van der Waals surface area (Å²) >= 11 is 0. The van der Waals surface area contributed by atoms with Crippen LogP contribution in [-0.4, -0.2) is 41.8 Å². The van der Waals surface area contributed by atoms with Crippen molar-refractivity contribution in [2.24, 2.45) is 0 Å². The SMILES string of the molecule is COC(=O)C1CC(O)CN1Cc1ccccc1C(C)(C)C#N. The average molecular weight is 302 g/mol. The molecule has 2 atom stereocenters. The lowest BCUT2D eigenvalue weighted by Crippen LogP contribution is -2.37. The van der Waals surface area contributed by atoms with Gasteiger partial charge in [0.05, 0.1) is 24.7 Å². The molecule has 1 heterocycles. The maximum Gasteiger partial charge on any atom is 0.323 e. The van der Waals surface area contributed by atoms with E-state index in [-0.39, 0.29) is 5.97 Å². The Morgan fingerprint density at radius 3 is 2.82 bits per heavy atom. The third-order valence-electron chi connectivity index (χ3n) is 4.20. The zero-order chi connectivity index (χ0) is 16.3. The lowest BCUT2D eigenvalue weighted by atomic mass is 9.83. The Hall–Kier alpha value is -1.90. The molecule has 0 bridgehead atoms. The number of rotatable bonds is 4. The number of methoxy groups -OCH3 is 1. The number of hydrogen-bond donors (Lipinski definition) is 1. The smallest absolute Gasteiger partial charge is 0.323 e. The Morgan fingerprint density at radius 2 is 2.18 bits per heavy atom. The van der Waals surface area contributed by atoms with Gasteiger partial charge in [0.25, 0.3) is 0 Å². The van der Waals surface area contributed by atoms with Gasteiger partial charge in [-0.3, -0.25) is 9.69 Å². The molecule has 1 saturated heterocycles. The monoisotopic (exact) mass is 302 g/mol. The van der Waals surface area contributed by atoms with Gasteiger partial charge in [0.15, 0.2) is 0 Å². The second-order valence-corrected chi connectivity index (χ2v) is 6.25. The highest BCUT2D eigenvalue weighted by Gasteiger charge is 2.37. The fraction of sp³-hybridized carbons (Fsp3) is 0.529. The first-order chi connectivity index (χ1) is 10.4. The molecule has 5 nitrogen and oxygen atoms in total. The van der Waals surface area contributed by atoms with Crippen LogP contribution in [0, 0.1) is 11.3 Å². The van der Waals surface area contributed by atoms with Gasteiger partial charge in [0.1, 0.15) is 6.04 Å². The van der Waals surface area contributed by atoms with Gasteiger partial charge >= 0.3 is 5.97 Å². The average Bonchev–Trinajstić information content (AvgIpc) is 2.87. The number of β-amino-alcohol motifs (C(OH)–C–C–N with tert-alkyl or cyclic N) is 1. The number of esters is 1. The summed E-state index contributed by atoms with van der Waals surface area (Å²) in [5.41, 5.74) is 1.34. The van der Waals surface area contributed by atoms with Crippen molar-refractivity contribution >= 4 is 5.97 Å². The first kappa shape index (κ1) is 16.5. The van der Waals surface area contributed by atoms with Gasteiger partial charge in [-0.25, -0.2) is 0 Å². The van der Waals surface area contributed by atoms with Gasteiger partial charge in [-0.2, -0.15) is 5.26 Å². The number of ether oxygens (including phenoxy) is 1. The van der Waals surface area contributed by atoms with Crippen LogP contribution in [-0.2, 0) is 21.5 Å². The molecule has 22 heavy (non-hydrogen) atoms. The molecule has 0 aromatic heterocycles. The van der Waals surface area contributed by atoms with E-state index in [0.29, 0.717) is 19.5 Å². The summed E-state index contributed by atoms with van der Waals surface area (Å²) in [5, 5.41) is 19.2. The largest absolute Gasteiger partial charge is 0.468 e. The van der Waals surface area contributed by atoms with Crippen molar-refractivity contribution in [3.05, 3.63) is 35.4 Å². The van der Waals surface area contributed by atoms with E-state index in [2.05, 4.69) is 6.07 Å². The number of carbonyl (C=O) groups is 1. The first-order valence-electron chi connectivity index (χ1n) is 7.38. The van der Waals surface area contributed by atoms with Gasteiger partial charge in [0, 0.05) is 19.5 Å². The van der Waals surface area contributed by atoms with Crippen molar-refractivity contribution in [2.45, 2.75) is 44.4 Å². The van der Waals surface area contributed by atoms with Gasteiger partial charge in [-0.1, -0.05) is 24.3 Å². The molecule has 0 spiro atoms. The van der Waals surface area contributed by atoms with Crippen molar-refractivity contribution < 1.29 is 14.6 Å². The predicted molar refractivity (Wildman–Crippen MR) is 81.9 cm³/mol. The lowest BCUT2D eigenvalue weighted by Gasteiger charge is -2.26. The number of aliphatic hydroxyl groups excluding tert-OH is 1. The molecule has 2 rings (SSSR count). The summed E-state index contributed by atoms with van der Waals surface area (Å²) in [7, 11) is 1.36. The van der Waals surface area contributed by atoms with E-state index in [4.69, 9.17) is 4.74 Å². The Balaban J connectivity index is 2.27. The van der Waals surface area contributed by atoms with Crippen LogP contribution in [0.2, 0.25) is 0 Å². The Bertz CT molecular complexity index is 592. The first-order valence-corrected chi connectivity index (χ1v) is 7.38. The van der Waals surface area contributed by atoms with Gasteiger partial charge in [-0.15, -0.1) is 0 Å². The summed E-state index contributed by atoms with van der Waals surface area (Å²) in [6.07, 6.45) is -0.142. The van der Waals surface area contributed by atoms with Crippen LogP contribution in [0.1, 0.15) is 31.4 Å². The second kappa shape index (κ2) is 6.47. The van der Waals surface area contributed by atoms with Crippen molar-refractivity contribution in [2.75, 3.05) is 13.7 Å². The third-order valence-corrected chi connectivity index (χ3v) is 4.20. The number of carbonyl (C=O) groups excluding carboxylic acids is 1. The van der Waals surface area contributed by atoms with Crippen LogP contribution < -0.4 is 0 Å². The third kappa shape index (κ3) is 3.29. The quantitative estimate of drug-likeness (QED) is 0.855. The fourth-order valence-electron chi connectivity index (χ4n) is 2.98. The summed E-state index contributed by atoms with van der Waals surface area (Å²) in [6.45, 7) is 4.70. The highest BCUT2D eigenvalue weighted by Crippen LogP contribution is 2.29. The molecule has 0 saturated carbocycles. The molecule has 5 heteroatoms.